The zero-order chi connectivity index (χ0) is 20.6. The lowest BCUT2D eigenvalue weighted by molar-refractivity contribution is -0.137. The van der Waals surface area contributed by atoms with E-state index in [1.807, 2.05) is 20.9 Å². The number of benzene rings is 1. The van der Waals surface area contributed by atoms with Crippen LogP contribution in [0.3, 0.4) is 0 Å². The van der Waals surface area contributed by atoms with E-state index in [9.17, 15) is 13.2 Å². The Hall–Kier alpha value is -1.66. The smallest absolute Gasteiger partial charge is 0.317 e. The minimum atomic E-state index is -4.35. The van der Waals surface area contributed by atoms with E-state index in [2.05, 4.69) is 10.6 Å². The molecule has 0 bridgehead atoms. The maximum atomic E-state index is 13.1. The van der Waals surface area contributed by atoms with Crippen LogP contribution >= 0.6 is 0 Å². The monoisotopic (exact) mass is 395 g/mol. The summed E-state index contributed by atoms with van der Waals surface area (Å²) in [5.74, 6) is 0.673. The lowest BCUT2D eigenvalue weighted by Crippen LogP contribution is -2.31. The zero-order valence-electron chi connectivity index (χ0n) is 17.1. The predicted molar refractivity (Wildman–Crippen MR) is 110 cm³/mol. The lowest BCUT2D eigenvalue weighted by atomic mass is 9.92. The molecule has 1 aliphatic rings. The van der Waals surface area contributed by atoms with E-state index in [0.717, 1.165) is 37.7 Å². The van der Waals surface area contributed by atoms with Crippen LogP contribution in [0.15, 0.2) is 35.3 Å². The minimum Gasteiger partial charge on any atom is -0.317 e. The molecule has 0 spiro atoms. The molecule has 156 valence electrons. The van der Waals surface area contributed by atoms with Crippen molar-refractivity contribution in [2.24, 2.45) is 10.9 Å². The van der Waals surface area contributed by atoms with Gasteiger partial charge in [-0.3, -0.25) is 4.99 Å². The first-order valence-electron chi connectivity index (χ1n) is 10.1. The van der Waals surface area contributed by atoms with Crippen molar-refractivity contribution in [1.29, 1.82) is 0 Å². The highest BCUT2D eigenvalue weighted by molar-refractivity contribution is 5.93. The number of nitrogens with zero attached hydrogens (tertiary/aromatic N) is 1. The highest BCUT2D eigenvalue weighted by Crippen LogP contribution is 2.31. The topological polar surface area (TPSA) is 36.4 Å². The van der Waals surface area contributed by atoms with Gasteiger partial charge in [-0.25, -0.2) is 0 Å². The molecule has 2 rings (SSSR count). The van der Waals surface area contributed by atoms with Gasteiger partial charge in [-0.15, -0.1) is 0 Å². The van der Waals surface area contributed by atoms with Gasteiger partial charge in [-0.2, -0.15) is 13.2 Å². The summed E-state index contributed by atoms with van der Waals surface area (Å²) >= 11 is 0. The molecule has 28 heavy (non-hydrogen) atoms. The predicted octanol–water partition coefficient (Wildman–Crippen LogP) is 5.29. The number of hydrogen-bond donors (Lipinski definition) is 2. The highest BCUT2D eigenvalue weighted by atomic mass is 19.4. The molecule has 6 heteroatoms. The van der Waals surface area contributed by atoms with Crippen LogP contribution in [0.2, 0.25) is 0 Å². The van der Waals surface area contributed by atoms with Gasteiger partial charge in [-0.05, 0) is 84.1 Å². The van der Waals surface area contributed by atoms with Crippen molar-refractivity contribution in [3.63, 3.8) is 0 Å². The molecule has 1 saturated heterocycles. The first-order valence-corrected chi connectivity index (χ1v) is 10.1. The maximum Gasteiger partial charge on any atom is 0.416 e. The normalized spacial score (nSPS) is 20.7. The maximum absolute atomic E-state index is 13.1. The van der Waals surface area contributed by atoms with E-state index in [4.69, 9.17) is 4.99 Å². The van der Waals surface area contributed by atoms with Gasteiger partial charge in [0.1, 0.15) is 0 Å². The molecule has 2 N–H and O–H groups in total. The summed E-state index contributed by atoms with van der Waals surface area (Å²) in [6.45, 7) is 6.01. The molecule has 0 aliphatic carbocycles. The standard InChI is InChI=1S/C22H32F3N3/c1-4-20(18-8-5-9-19(15-18)22(23,24)25)28-21(16(2)26-3)11-10-17-7-6-13-27-14-12-17/h4-5,8-9,15-17,26-27H,6-7,10-14H2,1-3H3/b20-4-,28-21?. The highest BCUT2D eigenvalue weighted by Gasteiger charge is 2.30. The van der Waals surface area contributed by atoms with Gasteiger partial charge in [0.25, 0.3) is 0 Å². The summed E-state index contributed by atoms with van der Waals surface area (Å²) in [6, 6.07) is 5.48. The summed E-state index contributed by atoms with van der Waals surface area (Å²) < 4.78 is 39.2. The average molecular weight is 396 g/mol. The molecule has 1 heterocycles. The molecule has 1 aromatic carbocycles. The van der Waals surface area contributed by atoms with Crippen molar-refractivity contribution in [2.45, 2.75) is 58.2 Å². The number of alkyl halides is 3. The van der Waals surface area contributed by atoms with E-state index in [0.29, 0.717) is 17.2 Å². The van der Waals surface area contributed by atoms with Crippen LogP contribution in [0.4, 0.5) is 13.2 Å². The van der Waals surface area contributed by atoms with E-state index in [-0.39, 0.29) is 6.04 Å². The second-order valence-corrected chi connectivity index (χ2v) is 7.45. The number of halogens is 3. The summed E-state index contributed by atoms with van der Waals surface area (Å²) in [5, 5.41) is 6.67. The first-order chi connectivity index (χ1) is 13.3. The Balaban J connectivity index is 2.20. The summed E-state index contributed by atoms with van der Waals surface area (Å²) in [4.78, 5) is 4.80. The molecule has 3 nitrogen and oxygen atoms in total. The van der Waals surface area contributed by atoms with Gasteiger partial charge in [0, 0.05) is 17.3 Å². The average Bonchev–Trinajstić information content (AvgIpc) is 2.96. The molecule has 2 unspecified atom stereocenters. The molecule has 1 aliphatic heterocycles. The molecule has 0 saturated carbocycles. The van der Waals surface area contributed by atoms with Gasteiger partial charge in [0.05, 0.1) is 11.3 Å². The number of hydrogen-bond acceptors (Lipinski definition) is 3. The molecule has 0 aromatic heterocycles. The van der Waals surface area contributed by atoms with Crippen molar-refractivity contribution in [2.75, 3.05) is 20.1 Å². The Bertz CT molecular complexity index is 672. The number of allylic oxidation sites excluding steroid dienone is 1. The fourth-order valence-electron chi connectivity index (χ4n) is 3.57. The molecule has 0 radical (unpaired) electrons. The van der Waals surface area contributed by atoms with Crippen LogP contribution in [0, 0.1) is 5.92 Å². The Morgan fingerprint density at radius 3 is 2.79 bits per heavy atom. The van der Waals surface area contributed by atoms with Gasteiger partial charge in [0.2, 0.25) is 0 Å². The molecular weight excluding hydrogens is 363 g/mol. The zero-order valence-corrected chi connectivity index (χ0v) is 17.1. The van der Waals surface area contributed by atoms with Crippen molar-refractivity contribution >= 4 is 11.4 Å². The van der Waals surface area contributed by atoms with Crippen LogP contribution in [-0.4, -0.2) is 31.9 Å². The Morgan fingerprint density at radius 2 is 2.11 bits per heavy atom. The minimum absolute atomic E-state index is 0.0738. The van der Waals surface area contributed by atoms with Crippen molar-refractivity contribution in [3.05, 3.63) is 41.5 Å². The van der Waals surface area contributed by atoms with Gasteiger partial charge in [-0.1, -0.05) is 18.2 Å². The molecule has 0 amide bonds. The molecule has 1 fully saturated rings. The third-order valence-corrected chi connectivity index (χ3v) is 5.46. The van der Waals surface area contributed by atoms with Crippen LogP contribution in [0.1, 0.15) is 57.1 Å². The van der Waals surface area contributed by atoms with Gasteiger partial charge in [0.15, 0.2) is 0 Å². The largest absolute Gasteiger partial charge is 0.416 e. The third kappa shape index (κ3) is 6.74. The lowest BCUT2D eigenvalue weighted by Gasteiger charge is -2.19. The number of rotatable bonds is 7. The quantitative estimate of drug-likeness (QED) is 0.616. The van der Waals surface area contributed by atoms with Crippen molar-refractivity contribution in [1.82, 2.24) is 10.6 Å². The van der Waals surface area contributed by atoms with Crippen LogP contribution in [-0.2, 0) is 6.18 Å². The van der Waals surface area contributed by atoms with Crippen LogP contribution < -0.4 is 10.6 Å². The number of aliphatic imine (C=N–C) groups is 1. The fourth-order valence-corrected chi connectivity index (χ4v) is 3.57. The van der Waals surface area contributed by atoms with Gasteiger partial charge >= 0.3 is 6.18 Å². The Kier molecular flexibility index (Phi) is 8.70. The van der Waals surface area contributed by atoms with E-state index < -0.39 is 11.7 Å². The Labute approximate surface area is 166 Å². The Morgan fingerprint density at radius 1 is 1.32 bits per heavy atom. The van der Waals surface area contributed by atoms with Crippen molar-refractivity contribution in [3.8, 4) is 0 Å². The fraction of sp³-hybridized carbons (Fsp3) is 0.591. The summed E-state index contributed by atoms with van der Waals surface area (Å²) in [7, 11) is 1.88. The second-order valence-electron chi connectivity index (χ2n) is 7.45. The van der Waals surface area contributed by atoms with Gasteiger partial charge < -0.3 is 10.6 Å². The summed E-state index contributed by atoms with van der Waals surface area (Å²) in [6.07, 6.45) is 2.93. The molecular formula is C22H32F3N3. The third-order valence-electron chi connectivity index (χ3n) is 5.46. The van der Waals surface area contributed by atoms with E-state index >= 15 is 0 Å². The first kappa shape index (κ1) is 22.6. The summed E-state index contributed by atoms with van der Waals surface area (Å²) in [5.41, 5.74) is 1.43. The van der Waals surface area contributed by atoms with Crippen molar-refractivity contribution < 1.29 is 13.2 Å². The van der Waals surface area contributed by atoms with Crippen LogP contribution in [0.25, 0.3) is 5.70 Å². The van der Waals surface area contributed by atoms with E-state index in [1.54, 1.807) is 12.1 Å². The molecule has 1 aromatic rings. The van der Waals surface area contributed by atoms with E-state index in [1.165, 1.54) is 31.4 Å². The number of nitrogens with one attached hydrogen (secondary N) is 2. The van der Waals surface area contributed by atoms with Crippen LogP contribution in [0.5, 0.6) is 0 Å². The molecule has 2 atom stereocenters. The second kappa shape index (κ2) is 10.8. The SMILES string of the molecule is C/C=C(\N=C(CCC1CCCNCC1)C(C)NC)c1cccc(C(F)(F)F)c1.